The second-order valence-electron chi connectivity index (χ2n) is 6.28. The molecule has 0 radical (unpaired) electrons. The van der Waals surface area contributed by atoms with Crippen LogP contribution < -0.4 is 0 Å². The average molecular weight is 326 g/mol. The summed E-state index contributed by atoms with van der Waals surface area (Å²) in [5, 5.41) is 8.88. The van der Waals surface area contributed by atoms with Gasteiger partial charge in [-0.3, -0.25) is 4.98 Å². The Morgan fingerprint density at radius 1 is 0.800 bits per heavy atom. The number of nitrogens with zero attached hydrogens (tertiary/aromatic N) is 2. The molecule has 3 aromatic rings. The molecule has 0 saturated heterocycles. The summed E-state index contributed by atoms with van der Waals surface area (Å²) in [7, 11) is 0. The summed E-state index contributed by atoms with van der Waals surface area (Å²) in [6.45, 7) is 2.23. The number of aromatic nitrogens is 1. The van der Waals surface area contributed by atoms with Gasteiger partial charge in [-0.15, -0.1) is 0 Å². The van der Waals surface area contributed by atoms with Crippen molar-refractivity contribution in [1.82, 2.24) is 4.98 Å². The van der Waals surface area contributed by atoms with Gasteiger partial charge in [0.1, 0.15) is 0 Å². The van der Waals surface area contributed by atoms with Crippen molar-refractivity contribution in [2.24, 2.45) is 0 Å². The van der Waals surface area contributed by atoms with E-state index in [9.17, 15) is 0 Å². The fourth-order valence-electron chi connectivity index (χ4n) is 2.89. The lowest BCUT2D eigenvalue weighted by atomic mass is 10.0. The molecule has 0 unspecified atom stereocenters. The third kappa shape index (κ3) is 4.33. The highest BCUT2D eigenvalue weighted by atomic mass is 14.7. The highest BCUT2D eigenvalue weighted by molar-refractivity contribution is 5.69. The molecule has 0 fully saturated rings. The van der Waals surface area contributed by atoms with Crippen LogP contribution in [0.25, 0.3) is 22.4 Å². The first-order chi connectivity index (χ1) is 12.3. The number of pyridine rings is 1. The van der Waals surface area contributed by atoms with Gasteiger partial charge in [0.15, 0.2) is 0 Å². The molecule has 2 aromatic carbocycles. The number of nitriles is 1. The highest BCUT2D eigenvalue weighted by Crippen LogP contribution is 2.24. The molecule has 3 rings (SSSR count). The van der Waals surface area contributed by atoms with Crippen molar-refractivity contribution in [1.29, 1.82) is 5.26 Å². The summed E-state index contributed by atoms with van der Waals surface area (Å²) in [6.07, 6.45) is 6.87. The van der Waals surface area contributed by atoms with Crippen LogP contribution in [0.2, 0.25) is 0 Å². The first kappa shape index (κ1) is 16.9. The maximum Gasteiger partial charge on any atom is 0.0991 e. The predicted molar refractivity (Wildman–Crippen MR) is 103 cm³/mol. The van der Waals surface area contributed by atoms with Gasteiger partial charge >= 0.3 is 0 Å². The summed E-state index contributed by atoms with van der Waals surface area (Å²) in [5.41, 5.74) is 6.38. The van der Waals surface area contributed by atoms with Gasteiger partial charge in [0, 0.05) is 11.8 Å². The molecule has 0 aliphatic heterocycles. The molecule has 0 atom stereocenters. The van der Waals surface area contributed by atoms with Crippen LogP contribution in [0.3, 0.4) is 0 Å². The van der Waals surface area contributed by atoms with Gasteiger partial charge in [-0.2, -0.15) is 5.26 Å². The molecular weight excluding hydrogens is 304 g/mol. The fraction of sp³-hybridized carbons (Fsp3) is 0.217. The lowest BCUT2D eigenvalue weighted by molar-refractivity contribution is 0.716. The number of hydrogen-bond acceptors (Lipinski definition) is 2. The zero-order valence-corrected chi connectivity index (χ0v) is 14.6. The van der Waals surface area contributed by atoms with E-state index < -0.39 is 0 Å². The third-order valence-electron chi connectivity index (χ3n) is 4.42. The van der Waals surface area contributed by atoms with Gasteiger partial charge in [0.2, 0.25) is 0 Å². The molecule has 0 bridgehead atoms. The SMILES string of the molecule is CCCCCc1ccc(-c2ccc(-c3ccc(C#N)cc3)cc2)nc1. The van der Waals surface area contributed by atoms with E-state index >= 15 is 0 Å². The van der Waals surface area contributed by atoms with E-state index in [1.54, 1.807) is 0 Å². The molecule has 0 saturated carbocycles. The summed E-state index contributed by atoms with van der Waals surface area (Å²) >= 11 is 0. The maximum absolute atomic E-state index is 8.88. The Hall–Kier alpha value is -2.92. The number of hydrogen-bond donors (Lipinski definition) is 0. The number of rotatable bonds is 6. The van der Waals surface area contributed by atoms with Crippen LogP contribution in [0.5, 0.6) is 0 Å². The Bertz CT molecular complexity index is 839. The lowest BCUT2D eigenvalue weighted by Gasteiger charge is -2.06. The van der Waals surface area contributed by atoms with Crippen LogP contribution in [0.1, 0.15) is 37.3 Å². The molecule has 0 amide bonds. The van der Waals surface area contributed by atoms with Crippen LogP contribution in [-0.2, 0) is 6.42 Å². The van der Waals surface area contributed by atoms with Gasteiger partial charge in [-0.25, -0.2) is 0 Å². The summed E-state index contributed by atoms with van der Waals surface area (Å²) in [5.74, 6) is 0. The monoisotopic (exact) mass is 326 g/mol. The van der Waals surface area contributed by atoms with Crippen LogP contribution in [0, 0.1) is 11.3 Å². The van der Waals surface area contributed by atoms with Crippen LogP contribution in [0.4, 0.5) is 0 Å². The van der Waals surface area contributed by atoms with Gasteiger partial charge in [0.05, 0.1) is 17.3 Å². The van der Waals surface area contributed by atoms with Crippen molar-refractivity contribution in [3.63, 3.8) is 0 Å². The molecule has 0 aliphatic rings. The van der Waals surface area contributed by atoms with Crippen molar-refractivity contribution in [3.8, 4) is 28.5 Å². The minimum absolute atomic E-state index is 0.684. The maximum atomic E-state index is 8.88. The normalized spacial score (nSPS) is 10.4. The highest BCUT2D eigenvalue weighted by Gasteiger charge is 2.02. The zero-order chi connectivity index (χ0) is 17.5. The van der Waals surface area contributed by atoms with Crippen LogP contribution in [-0.4, -0.2) is 4.98 Å². The second kappa shape index (κ2) is 8.26. The first-order valence-corrected chi connectivity index (χ1v) is 8.86. The van der Waals surface area contributed by atoms with E-state index in [0.29, 0.717) is 5.56 Å². The Morgan fingerprint density at radius 3 is 2.00 bits per heavy atom. The Kier molecular flexibility index (Phi) is 5.59. The molecule has 2 heteroatoms. The smallest absolute Gasteiger partial charge is 0.0991 e. The number of unbranched alkanes of at least 4 members (excludes halogenated alkanes) is 2. The number of aryl methyl sites for hydroxylation is 1. The van der Waals surface area contributed by atoms with Gasteiger partial charge < -0.3 is 0 Å². The predicted octanol–water partition coefficient (Wildman–Crippen LogP) is 6.02. The van der Waals surface area contributed by atoms with Gasteiger partial charge in [-0.1, -0.05) is 62.2 Å². The van der Waals surface area contributed by atoms with E-state index in [1.165, 1.54) is 24.8 Å². The second-order valence-corrected chi connectivity index (χ2v) is 6.28. The first-order valence-electron chi connectivity index (χ1n) is 8.86. The van der Waals surface area contributed by atoms with E-state index in [-0.39, 0.29) is 0 Å². The minimum Gasteiger partial charge on any atom is -0.256 e. The average Bonchev–Trinajstić information content (AvgIpc) is 2.69. The quantitative estimate of drug-likeness (QED) is 0.519. The lowest BCUT2D eigenvalue weighted by Crippen LogP contribution is -1.89. The van der Waals surface area contributed by atoms with E-state index in [0.717, 1.165) is 28.8 Å². The molecule has 0 spiro atoms. The summed E-state index contributed by atoms with van der Waals surface area (Å²) in [6, 6.07) is 22.5. The minimum atomic E-state index is 0.684. The Morgan fingerprint density at radius 2 is 1.44 bits per heavy atom. The zero-order valence-electron chi connectivity index (χ0n) is 14.6. The van der Waals surface area contributed by atoms with Crippen molar-refractivity contribution >= 4 is 0 Å². The third-order valence-corrected chi connectivity index (χ3v) is 4.42. The molecule has 0 N–H and O–H groups in total. The van der Waals surface area contributed by atoms with Gasteiger partial charge in [0.25, 0.3) is 0 Å². The molecule has 0 aliphatic carbocycles. The molecule has 1 heterocycles. The Labute approximate surface area is 149 Å². The largest absolute Gasteiger partial charge is 0.256 e. The van der Waals surface area contributed by atoms with Crippen molar-refractivity contribution in [3.05, 3.63) is 78.0 Å². The molecule has 124 valence electrons. The topological polar surface area (TPSA) is 36.7 Å². The summed E-state index contributed by atoms with van der Waals surface area (Å²) < 4.78 is 0. The molecule has 1 aromatic heterocycles. The van der Waals surface area contributed by atoms with E-state index in [1.807, 2.05) is 30.5 Å². The fourth-order valence-corrected chi connectivity index (χ4v) is 2.89. The standard InChI is InChI=1S/C23H22N2/c1-2-3-4-5-19-8-15-23(25-17-19)22-13-11-21(12-14-22)20-9-6-18(16-24)7-10-20/h6-15,17H,2-5H2,1H3. The van der Waals surface area contributed by atoms with Crippen molar-refractivity contribution in [2.75, 3.05) is 0 Å². The Balaban J connectivity index is 1.72. The van der Waals surface area contributed by atoms with Gasteiger partial charge in [-0.05, 0) is 47.7 Å². The number of benzene rings is 2. The van der Waals surface area contributed by atoms with E-state index in [4.69, 9.17) is 5.26 Å². The van der Waals surface area contributed by atoms with Crippen molar-refractivity contribution < 1.29 is 0 Å². The molecule has 25 heavy (non-hydrogen) atoms. The molecular formula is C23H22N2. The van der Waals surface area contributed by atoms with E-state index in [2.05, 4.69) is 54.4 Å². The summed E-state index contributed by atoms with van der Waals surface area (Å²) in [4.78, 5) is 4.62. The van der Waals surface area contributed by atoms with Crippen LogP contribution in [0.15, 0.2) is 66.9 Å². The molecule has 2 nitrogen and oxygen atoms in total. The van der Waals surface area contributed by atoms with Crippen molar-refractivity contribution in [2.45, 2.75) is 32.6 Å². The van der Waals surface area contributed by atoms with Crippen LogP contribution >= 0.6 is 0 Å².